The summed E-state index contributed by atoms with van der Waals surface area (Å²) in [5.74, 6) is 4.75. The maximum absolute atomic E-state index is 2.49. The van der Waals surface area contributed by atoms with Crippen LogP contribution in [-0.2, 0) is 0 Å². The Morgan fingerprint density at radius 3 is 2.19 bits per heavy atom. The Balaban J connectivity index is 0.00000225. The lowest BCUT2D eigenvalue weighted by Gasteiger charge is -2.35. The van der Waals surface area contributed by atoms with E-state index in [1.807, 2.05) is 0 Å². The molecule has 0 aromatic carbocycles. The van der Waals surface area contributed by atoms with E-state index in [0.717, 1.165) is 29.6 Å². The molecule has 1 aliphatic rings. The molecule has 0 aromatic rings. The average molecular weight is 226 g/mol. The van der Waals surface area contributed by atoms with Crippen molar-refractivity contribution in [1.82, 2.24) is 0 Å². The van der Waals surface area contributed by atoms with Gasteiger partial charge in [0.2, 0.25) is 0 Å². The molecule has 0 aromatic heterocycles. The Morgan fingerprint density at radius 2 is 1.62 bits per heavy atom. The molecule has 0 heteroatoms. The van der Waals surface area contributed by atoms with Crippen LogP contribution in [0, 0.1) is 29.6 Å². The lowest BCUT2D eigenvalue weighted by atomic mass is 9.70. The van der Waals surface area contributed by atoms with Crippen molar-refractivity contribution in [2.24, 2.45) is 29.6 Å². The van der Waals surface area contributed by atoms with Crippen LogP contribution in [-0.4, -0.2) is 0 Å². The van der Waals surface area contributed by atoms with Gasteiger partial charge in [-0.15, -0.1) is 0 Å². The minimum absolute atomic E-state index is 0. The van der Waals surface area contributed by atoms with Gasteiger partial charge in [0, 0.05) is 0 Å². The Bertz CT molecular complexity index is 173. The molecule has 0 radical (unpaired) electrons. The van der Waals surface area contributed by atoms with Gasteiger partial charge in [0.15, 0.2) is 0 Å². The van der Waals surface area contributed by atoms with Crippen LogP contribution in [0.25, 0.3) is 0 Å². The van der Waals surface area contributed by atoms with Crippen molar-refractivity contribution in [3.8, 4) is 0 Å². The number of hydrogen-bond acceptors (Lipinski definition) is 0. The van der Waals surface area contributed by atoms with E-state index < -0.39 is 0 Å². The van der Waals surface area contributed by atoms with Gasteiger partial charge in [-0.3, -0.25) is 0 Å². The van der Waals surface area contributed by atoms with Gasteiger partial charge >= 0.3 is 0 Å². The van der Waals surface area contributed by atoms with Gasteiger partial charge in [-0.2, -0.15) is 0 Å². The third kappa shape index (κ3) is 4.11. The van der Waals surface area contributed by atoms with Gasteiger partial charge in [0.1, 0.15) is 0 Å². The van der Waals surface area contributed by atoms with Crippen molar-refractivity contribution >= 4 is 0 Å². The summed E-state index contributed by atoms with van der Waals surface area (Å²) in [6, 6.07) is 0. The molecule has 16 heavy (non-hydrogen) atoms. The second-order valence-electron chi connectivity index (χ2n) is 6.15. The van der Waals surface area contributed by atoms with Crippen molar-refractivity contribution in [2.45, 2.75) is 74.1 Å². The molecule has 0 aliphatic heterocycles. The highest BCUT2D eigenvalue weighted by molar-refractivity contribution is 4.78. The zero-order valence-corrected chi connectivity index (χ0v) is 11.4. The molecule has 0 bridgehead atoms. The Labute approximate surface area is 104 Å². The van der Waals surface area contributed by atoms with E-state index in [2.05, 4.69) is 34.6 Å². The topological polar surface area (TPSA) is 0 Å². The van der Waals surface area contributed by atoms with Crippen LogP contribution in [0.3, 0.4) is 0 Å². The van der Waals surface area contributed by atoms with E-state index in [9.17, 15) is 0 Å². The molecular weight excluding hydrogens is 192 g/mol. The highest BCUT2D eigenvalue weighted by Gasteiger charge is 2.27. The summed E-state index contributed by atoms with van der Waals surface area (Å²) in [5, 5.41) is 0. The van der Waals surface area contributed by atoms with Gasteiger partial charge in [0.25, 0.3) is 0 Å². The SMILES string of the molecule is C.CCC(C)C1CCCC(C)C(C)CC1C. The molecule has 0 nitrogen and oxygen atoms in total. The molecule has 0 N–H and O–H groups in total. The minimum atomic E-state index is 0. The smallest absolute Gasteiger partial charge is 0.0363 e. The van der Waals surface area contributed by atoms with E-state index in [1.54, 1.807) is 0 Å². The summed E-state index contributed by atoms with van der Waals surface area (Å²) in [5.41, 5.74) is 0. The molecule has 5 unspecified atom stereocenters. The van der Waals surface area contributed by atoms with Crippen LogP contribution in [0.4, 0.5) is 0 Å². The first-order chi connectivity index (χ1) is 7.06. The average Bonchev–Trinajstić information content (AvgIpc) is 2.21. The Morgan fingerprint density at radius 1 is 1.00 bits per heavy atom. The van der Waals surface area contributed by atoms with Crippen LogP contribution in [0.15, 0.2) is 0 Å². The molecule has 1 aliphatic carbocycles. The molecule has 5 atom stereocenters. The molecular formula is C16H34. The number of rotatable bonds is 2. The second-order valence-corrected chi connectivity index (χ2v) is 6.15. The third-order valence-corrected chi connectivity index (χ3v) is 5.02. The zero-order valence-electron chi connectivity index (χ0n) is 11.4. The molecule has 1 fully saturated rings. The molecule has 0 heterocycles. The highest BCUT2D eigenvalue weighted by atomic mass is 14.3. The summed E-state index contributed by atoms with van der Waals surface area (Å²) in [6.07, 6.45) is 7.22. The fourth-order valence-electron chi connectivity index (χ4n) is 3.39. The highest BCUT2D eigenvalue weighted by Crippen LogP contribution is 2.37. The molecule has 1 rings (SSSR count). The lowest BCUT2D eigenvalue weighted by Crippen LogP contribution is -2.25. The normalized spacial score (nSPS) is 38.1. The monoisotopic (exact) mass is 226 g/mol. The van der Waals surface area contributed by atoms with Gasteiger partial charge < -0.3 is 0 Å². The predicted molar refractivity (Wildman–Crippen MR) is 75.6 cm³/mol. The quantitative estimate of drug-likeness (QED) is 0.561. The van der Waals surface area contributed by atoms with Crippen molar-refractivity contribution in [3.63, 3.8) is 0 Å². The van der Waals surface area contributed by atoms with E-state index in [-0.39, 0.29) is 7.43 Å². The van der Waals surface area contributed by atoms with Crippen molar-refractivity contribution in [3.05, 3.63) is 0 Å². The van der Waals surface area contributed by atoms with Gasteiger partial charge in [-0.25, -0.2) is 0 Å². The zero-order chi connectivity index (χ0) is 11.4. The van der Waals surface area contributed by atoms with Crippen LogP contribution < -0.4 is 0 Å². The predicted octanol–water partition coefficient (Wildman–Crippen LogP) is 5.77. The van der Waals surface area contributed by atoms with Crippen molar-refractivity contribution < 1.29 is 0 Å². The standard InChI is InChI=1S/C15H30.CH4/c1-6-11(2)15-9-7-8-12(3)13(4)10-14(15)5;/h11-15H,6-10H2,1-5H3;1H4. The summed E-state index contributed by atoms with van der Waals surface area (Å²) < 4.78 is 0. The number of hydrogen-bond donors (Lipinski definition) is 0. The fraction of sp³-hybridized carbons (Fsp3) is 1.00. The van der Waals surface area contributed by atoms with Crippen LogP contribution in [0.5, 0.6) is 0 Å². The van der Waals surface area contributed by atoms with Crippen LogP contribution >= 0.6 is 0 Å². The van der Waals surface area contributed by atoms with E-state index >= 15 is 0 Å². The summed E-state index contributed by atoms with van der Waals surface area (Å²) in [6.45, 7) is 12.2. The van der Waals surface area contributed by atoms with Gasteiger partial charge in [-0.05, 0) is 42.4 Å². The maximum Gasteiger partial charge on any atom is -0.0363 e. The van der Waals surface area contributed by atoms with Crippen LogP contribution in [0.2, 0.25) is 0 Å². The van der Waals surface area contributed by atoms with Crippen LogP contribution in [0.1, 0.15) is 74.1 Å². The van der Waals surface area contributed by atoms with E-state index in [4.69, 9.17) is 0 Å². The van der Waals surface area contributed by atoms with Crippen molar-refractivity contribution in [1.29, 1.82) is 0 Å². The molecule has 1 saturated carbocycles. The second kappa shape index (κ2) is 7.35. The van der Waals surface area contributed by atoms with E-state index in [0.29, 0.717) is 0 Å². The summed E-state index contributed by atoms with van der Waals surface area (Å²) in [7, 11) is 0. The molecule has 0 saturated heterocycles. The Kier molecular flexibility index (Phi) is 7.35. The largest absolute Gasteiger partial charge is 0.0776 e. The first-order valence-corrected chi connectivity index (χ1v) is 7.06. The first kappa shape index (κ1) is 16.0. The maximum atomic E-state index is 2.49. The minimum Gasteiger partial charge on any atom is -0.0776 e. The van der Waals surface area contributed by atoms with Crippen molar-refractivity contribution in [2.75, 3.05) is 0 Å². The summed E-state index contributed by atoms with van der Waals surface area (Å²) >= 11 is 0. The third-order valence-electron chi connectivity index (χ3n) is 5.02. The lowest BCUT2D eigenvalue weighted by molar-refractivity contribution is 0.153. The Hall–Kier alpha value is 0. The fourth-order valence-corrected chi connectivity index (χ4v) is 3.39. The van der Waals surface area contributed by atoms with E-state index in [1.165, 1.54) is 32.1 Å². The molecule has 0 amide bonds. The van der Waals surface area contributed by atoms with Gasteiger partial charge in [0.05, 0.1) is 0 Å². The molecule has 98 valence electrons. The van der Waals surface area contributed by atoms with Gasteiger partial charge in [-0.1, -0.05) is 61.3 Å². The summed E-state index contributed by atoms with van der Waals surface area (Å²) in [4.78, 5) is 0. The first-order valence-electron chi connectivity index (χ1n) is 7.06. The molecule has 0 spiro atoms.